The van der Waals surface area contributed by atoms with Crippen LogP contribution in [-0.2, 0) is 0 Å². The smallest absolute Gasteiger partial charge is 0.137 e. The number of nitrogens with zero attached hydrogens (tertiary/aromatic N) is 3. The highest BCUT2D eigenvalue weighted by Crippen LogP contribution is 2.35. The van der Waals surface area contributed by atoms with E-state index < -0.39 is 0 Å². The van der Waals surface area contributed by atoms with Crippen LogP contribution in [0.2, 0.25) is 0 Å². The maximum absolute atomic E-state index is 6.02. The van der Waals surface area contributed by atoms with E-state index in [-0.39, 0.29) is 0 Å². The first-order valence-corrected chi connectivity index (χ1v) is 7.71. The van der Waals surface area contributed by atoms with E-state index in [9.17, 15) is 0 Å². The summed E-state index contributed by atoms with van der Waals surface area (Å²) in [5.41, 5.74) is 8.23. The molecule has 2 N–H and O–H groups in total. The third-order valence-corrected chi connectivity index (χ3v) is 4.36. The molecule has 0 amide bonds. The van der Waals surface area contributed by atoms with Crippen LogP contribution >= 0.6 is 0 Å². The Bertz CT molecular complexity index is 527. The molecule has 0 spiro atoms. The Labute approximate surface area is 120 Å². The largest absolute Gasteiger partial charge is 0.330 e. The minimum atomic E-state index is 0.383. The lowest BCUT2D eigenvalue weighted by Gasteiger charge is -2.40. The molecular weight excluding hydrogens is 248 g/mol. The number of pyridine rings is 1. The molecule has 0 radical (unpaired) electrons. The molecular formula is C16H24N4. The van der Waals surface area contributed by atoms with Gasteiger partial charge in [0, 0.05) is 12.4 Å². The number of fused-ring (bicyclic) bond motifs is 1. The lowest BCUT2D eigenvalue weighted by molar-refractivity contribution is 0.0934. The normalized spacial score (nSPS) is 24.3. The summed E-state index contributed by atoms with van der Waals surface area (Å²) in [4.78, 5) is 7.41. The van der Waals surface area contributed by atoms with Crippen LogP contribution < -0.4 is 5.73 Å². The number of hydrogen-bond acceptors (Lipinski definition) is 3. The van der Waals surface area contributed by atoms with Crippen molar-refractivity contribution in [3.8, 4) is 0 Å². The summed E-state index contributed by atoms with van der Waals surface area (Å²) >= 11 is 0. The number of aromatic nitrogens is 2. The maximum Gasteiger partial charge on any atom is 0.137 e. The average molecular weight is 272 g/mol. The van der Waals surface area contributed by atoms with E-state index >= 15 is 0 Å². The van der Waals surface area contributed by atoms with E-state index in [1.54, 1.807) is 0 Å². The molecule has 2 aromatic rings. The van der Waals surface area contributed by atoms with Crippen molar-refractivity contribution in [1.29, 1.82) is 0 Å². The van der Waals surface area contributed by atoms with Crippen molar-refractivity contribution in [2.45, 2.75) is 32.2 Å². The molecule has 1 aliphatic heterocycles. The monoisotopic (exact) mass is 272 g/mol. The van der Waals surface area contributed by atoms with Crippen LogP contribution in [0, 0.1) is 5.92 Å². The van der Waals surface area contributed by atoms with Crippen molar-refractivity contribution in [3.05, 3.63) is 36.3 Å². The van der Waals surface area contributed by atoms with Gasteiger partial charge in [0.15, 0.2) is 0 Å². The third-order valence-electron chi connectivity index (χ3n) is 4.36. The molecule has 1 fully saturated rings. The number of imidazole rings is 1. The Morgan fingerprint density at radius 2 is 2.30 bits per heavy atom. The molecule has 0 aliphatic carbocycles. The second kappa shape index (κ2) is 5.94. The lowest BCUT2D eigenvalue weighted by Crippen LogP contribution is -2.42. The average Bonchev–Trinajstić information content (AvgIpc) is 2.90. The first-order valence-electron chi connectivity index (χ1n) is 7.71. The maximum atomic E-state index is 6.02. The fourth-order valence-corrected chi connectivity index (χ4v) is 3.46. The Hall–Kier alpha value is -1.39. The van der Waals surface area contributed by atoms with Gasteiger partial charge in [-0.1, -0.05) is 13.0 Å². The van der Waals surface area contributed by atoms with Crippen molar-refractivity contribution < 1.29 is 0 Å². The Morgan fingerprint density at radius 1 is 1.40 bits per heavy atom. The zero-order valence-corrected chi connectivity index (χ0v) is 12.2. The van der Waals surface area contributed by atoms with E-state index in [0.717, 1.165) is 18.7 Å². The van der Waals surface area contributed by atoms with Crippen molar-refractivity contribution in [1.82, 2.24) is 14.3 Å². The van der Waals surface area contributed by atoms with Crippen LogP contribution in [0.3, 0.4) is 0 Å². The molecule has 108 valence electrons. The highest BCUT2D eigenvalue weighted by atomic mass is 15.2. The zero-order chi connectivity index (χ0) is 13.9. The Balaban J connectivity index is 1.97. The van der Waals surface area contributed by atoms with Gasteiger partial charge in [-0.05, 0) is 56.9 Å². The number of likely N-dealkylation sites (tertiary alicyclic amines) is 1. The Kier molecular flexibility index (Phi) is 4.03. The number of piperidine rings is 1. The summed E-state index contributed by atoms with van der Waals surface area (Å²) < 4.78 is 2.11. The van der Waals surface area contributed by atoms with Gasteiger partial charge in [-0.15, -0.1) is 0 Å². The molecule has 4 nitrogen and oxygen atoms in total. The van der Waals surface area contributed by atoms with Crippen molar-refractivity contribution in [2.75, 3.05) is 19.6 Å². The van der Waals surface area contributed by atoms with Gasteiger partial charge >= 0.3 is 0 Å². The minimum Gasteiger partial charge on any atom is -0.330 e. The molecule has 0 bridgehead atoms. The summed E-state index contributed by atoms with van der Waals surface area (Å²) in [6.07, 6.45) is 7.90. The van der Waals surface area contributed by atoms with Crippen molar-refractivity contribution >= 4 is 5.65 Å². The van der Waals surface area contributed by atoms with Crippen LogP contribution in [0.25, 0.3) is 5.65 Å². The van der Waals surface area contributed by atoms with Gasteiger partial charge in [0.2, 0.25) is 0 Å². The second-order valence-corrected chi connectivity index (χ2v) is 5.75. The lowest BCUT2D eigenvalue weighted by atomic mass is 9.87. The fourth-order valence-electron chi connectivity index (χ4n) is 3.46. The first kappa shape index (κ1) is 13.6. The predicted octanol–water partition coefficient (Wildman–Crippen LogP) is 2.46. The van der Waals surface area contributed by atoms with E-state index in [1.807, 2.05) is 12.1 Å². The van der Waals surface area contributed by atoms with Gasteiger partial charge in [-0.25, -0.2) is 4.98 Å². The van der Waals surface area contributed by atoms with Crippen LogP contribution in [0.5, 0.6) is 0 Å². The summed E-state index contributed by atoms with van der Waals surface area (Å²) in [5, 5.41) is 0. The summed E-state index contributed by atoms with van der Waals surface area (Å²) in [5.74, 6) is 0.528. The molecule has 0 saturated carbocycles. The topological polar surface area (TPSA) is 46.6 Å². The molecule has 2 atom stereocenters. The quantitative estimate of drug-likeness (QED) is 0.930. The molecule has 2 aromatic heterocycles. The van der Waals surface area contributed by atoms with Crippen molar-refractivity contribution in [2.24, 2.45) is 11.7 Å². The molecule has 3 rings (SSSR count). The SMILES string of the molecule is CCCN1CCCC(CN)C1c1cn2ccccc2n1. The highest BCUT2D eigenvalue weighted by molar-refractivity contribution is 5.40. The standard InChI is InChI=1S/C16H24N4/c1-2-8-19-10-5-6-13(11-17)16(19)14-12-20-9-4-3-7-15(20)18-14/h3-4,7,9,12-13,16H,2,5-6,8,10-11,17H2,1H3. The second-order valence-electron chi connectivity index (χ2n) is 5.75. The van der Waals surface area contributed by atoms with Crippen LogP contribution in [0.4, 0.5) is 0 Å². The zero-order valence-electron chi connectivity index (χ0n) is 12.2. The molecule has 0 aromatic carbocycles. The van der Waals surface area contributed by atoms with E-state index in [2.05, 4.69) is 34.7 Å². The van der Waals surface area contributed by atoms with Gasteiger partial charge in [0.25, 0.3) is 0 Å². The molecule has 2 unspecified atom stereocenters. The van der Waals surface area contributed by atoms with Gasteiger partial charge < -0.3 is 10.1 Å². The van der Waals surface area contributed by atoms with Gasteiger partial charge in [0.05, 0.1) is 11.7 Å². The fraction of sp³-hybridized carbons (Fsp3) is 0.562. The van der Waals surface area contributed by atoms with E-state index in [4.69, 9.17) is 10.7 Å². The van der Waals surface area contributed by atoms with Gasteiger partial charge in [-0.3, -0.25) is 4.90 Å². The molecule has 4 heteroatoms. The first-order chi connectivity index (χ1) is 9.83. The number of rotatable bonds is 4. The summed E-state index contributed by atoms with van der Waals surface area (Å²) in [6, 6.07) is 6.53. The van der Waals surface area contributed by atoms with Crippen LogP contribution in [-0.4, -0.2) is 33.9 Å². The number of nitrogens with two attached hydrogens (primary N) is 1. The summed E-state index contributed by atoms with van der Waals surface area (Å²) in [7, 11) is 0. The van der Waals surface area contributed by atoms with Crippen LogP contribution in [0.15, 0.2) is 30.6 Å². The molecule has 20 heavy (non-hydrogen) atoms. The highest BCUT2D eigenvalue weighted by Gasteiger charge is 2.32. The molecule has 1 aliphatic rings. The minimum absolute atomic E-state index is 0.383. The van der Waals surface area contributed by atoms with E-state index in [0.29, 0.717) is 12.0 Å². The predicted molar refractivity (Wildman–Crippen MR) is 81.6 cm³/mol. The molecule has 3 heterocycles. The van der Waals surface area contributed by atoms with Crippen LogP contribution in [0.1, 0.15) is 37.9 Å². The van der Waals surface area contributed by atoms with Crippen molar-refractivity contribution in [3.63, 3.8) is 0 Å². The third kappa shape index (κ3) is 2.45. The van der Waals surface area contributed by atoms with E-state index in [1.165, 1.54) is 31.5 Å². The van der Waals surface area contributed by atoms with Gasteiger partial charge in [0.1, 0.15) is 5.65 Å². The molecule has 1 saturated heterocycles. The summed E-state index contributed by atoms with van der Waals surface area (Å²) in [6.45, 7) is 5.30. The Morgan fingerprint density at radius 3 is 3.05 bits per heavy atom. The van der Waals surface area contributed by atoms with Gasteiger partial charge in [-0.2, -0.15) is 0 Å². The number of hydrogen-bond donors (Lipinski definition) is 1.